The summed E-state index contributed by atoms with van der Waals surface area (Å²) >= 11 is 6.08. The molecule has 0 unspecified atom stereocenters. The molecule has 96 valence electrons. The highest BCUT2D eigenvalue weighted by molar-refractivity contribution is 6.33. The molecule has 0 aliphatic rings. The van der Waals surface area contributed by atoms with E-state index in [0.29, 0.717) is 34.2 Å². The van der Waals surface area contributed by atoms with Crippen LogP contribution in [0.2, 0.25) is 5.15 Å². The van der Waals surface area contributed by atoms with Crippen molar-refractivity contribution < 1.29 is 4.52 Å². The van der Waals surface area contributed by atoms with E-state index in [1.54, 1.807) is 0 Å². The zero-order valence-corrected chi connectivity index (χ0v) is 11.4. The highest BCUT2D eigenvalue weighted by atomic mass is 35.5. The lowest BCUT2D eigenvalue weighted by molar-refractivity contribution is 0.458. The molecule has 2 heterocycles. The smallest absolute Gasteiger partial charge is 0.223 e. The molecule has 0 aliphatic carbocycles. The molecule has 5 heteroatoms. The maximum Gasteiger partial charge on any atom is 0.223 e. The van der Waals surface area contributed by atoms with Crippen molar-refractivity contribution in [3.63, 3.8) is 0 Å². The van der Waals surface area contributed by atoms with Crippen LogP contribution in [-0.4, -0.2) is 15.1 Å². The number of rotatable bonds is 2. The van der Waals surface area contributed by atoms with E-state index in [9.17, 15) is 0 Å². The summed E-state index contributed by atoms with van der Waals surface area (Å²) in [6.45, 7) is 4.02. The van der Waals surface area contributed by atoms with Crippen molar-refractivity contribution in [3.05, 3.63) is 40.8 Å². The van der Waals surface area contributed by atoms with E-state index in [1.807, 2.05) is 38.1 Å². The molecule has 0 saturated heterocycles. The number of hydrogen-bond donors (Lipinski definition) is 0. The summed E-state index contributed by atoms with van der Waals surface area (Å²) in [6.07, 6.45) is 0.716. The third-order valence-electron chi connectivity index (χ3n) is 2.96. The van der Waals surface area contributed by atoms with Crippen LogP contribution in [-0.2, 0) is 6.42 Å². The number of aryl methyl sites for hydroxylation is 2. The zero-order chi connectivity index (χ0) is 13.4. The lowest BCUT2D eigenvalue weighted by atomic mass is 10.1. The molecule has 4 nitrogen and oxygen atoms in total. The fourth-order valence-corrected chi connectivity index (χ4v) is 2.12. The Labute approximate surface area is 115 Å². The molecule has 0 N–H and O–H groups in total. The summed E-state index contributed by atoms with van der Waals surface area (Å²) in [5, 5.41) is 4.38. The first-order valence-corrected chi connectivity index (χ1v) is 6.45. The number of nitrogens with zero attached hydrogens (tertiary/aromatic N) is 3. The first kappa shape index (κ1) is 12.1. The Bertz CT molecular complexity index is 734. The molecule has 3 rings (SSSR count). The predicted molar refractivity (Wildman–Crippen MR) is 74.2 cm³/mol. The molecule has 0 bridgehead atoms. The van der Waals surface area contributed by atoms with Gasteiger partial charge in [0, 0.05) is 12.0 Å². The van der Waals surface area contributed by atoms with Crippen LogP contribution in [0.3, 0.4) is 0 Å². The molecule has 0 aliphatic heterocycles. The van der Waals surface area contributed by atoms with Crippen molar-refractivity contribution in [2.24, 2.45) is 0 Å². The van der Waals surface area contributed by atoms with Gasteiger partial charge in [-0.1, -0.05) is 53.5 Å². The van der Waals surface area contributed by atoms with Gasteiger partial charge in [-0.2, -0.15) is 0 Å². The number of aromatic nitrogens is 3. The monoisotopic (exact) mass is 273 g/mol. The highest BCUT2D eigenvalue weighted by Gasteiger charge is 2.16. The van der Waals surface area contributed by atoms with E-state index >= 15 is 0 Å². The standard InChI is InChI=1S/C14H12ClN3O/c1-3-10-16-12-11(9-6-4-8(2)5-7-9)18-19-13(12)14(15)17-10/h4-7H,3H2,1-2H3. The van der Waals surface area contributed by atoms with Gasteiger partial charge >= 0.3 is 0 Å². The molecule has 1 aromatic carbocycles. The van der Waals surface area contributed by atoms with Crippen LogP contribution in [0.5, 0.6) is 0 Å². The van der Waals surface area contributed by atoms with Crippen LogP contribution in [0.25, 0.3) is 22.4 Å². The van der Waals surface area contributed by atoms with Gasteiger partial charge in [0.15, 0.2) is 5.15 Å². The van der Waals surface area contributed by atoms with E-state index in [0.717, 1.165) is 5.56 Å². The van der Waals surface area contributed by atoms with Crippen LogP contribution in [0.4, 0.5) is 0 Å². The summed E-state index contributed by atoms with van der Waals surface area (Å²) in [6, 6.07) is 8.04. The van der Waals surface area contributed by atoms with Crippen molar-refractivity contribution in [3.8, 4) is 11.3 Å². The summed E-state index contributed by atoms with van der Waals surface area (Å²) < 4.78 is 5.26. The molecule has 3 aromatic rings. The Morgan fingerprint density at radius 2 is 1.89 bits per heavy atom. The van der Waals surface area contributed by atoms with E-state index in [2.05, 4.69) is 15.1 Å². The molecule has 0 spiro atoms. The van der Waals surface area contributed by atoms with E-state index in [-0.39, 0.29) is 0 Å². The summed E-state index contributed by atoms with van der Waals surface area (Å²) in [7, 11) is 0. The maximum atomic E-state index is 6.08. The minimum atomic E-state index is 0.313. The van der Waals surface area contributed by atoms with Gasteiger partial charge < -0.3 is 4.52 Å². The first-order chi connectivity index (χ1) is 9.19. The predicted octanol–water partition coefficient (Wildman–Crippen LogP) is 3.81. The third kappa shape index (κ3) is 2.08. The molecule has 0 atom stereocenters. The molecule has 0 fully saturated rings. The van der Waals surface area contributed by atoms with Crippen molar-refractivity contribution in [1.82, 2.24) is 15.1 Å². The van der Waals surface area contributed by atoms with Gasteiger partial charge in [-0.25, -0.2) is 9.97 Å². The zero-order valence-electron chi connectivity index (χ0n) is 10.6. The second-order valence-electron chi connectivity index (χ2n) is 4.36. The van der Waals surface area contributed by atoms with Gasteiger partial charge in [-0.05, 0) is 6.92 Å². The number of fused-ring (bicyclic) bond motifs is 1. The molecule has 0 radical (unpaired) electrons. The Hall–Kier alpha value is -1.94. The van der Waals surface area contributed by atoms with Crippen LogP contribution in [0.15, 0.2) is 28.8 Å². The Balaban J connectivity index is 2.24. The van der Waals surface area contributed by atoms with Crippen molar-refractivity contribution in [2.45, 2.75) is 20.3 Å². The topological polar surface area (TPSA) is 51.8 Å². The summed E-state index contributed by atoms with van der Waals surface area (Å²) in [5.41, 5.74) is 3.96. The second kappa shape index (κ2) is 4.63. The van der Waals surface area contributed by atoms with Crippen LogP contribution < -0.4 is 0 Å². The van der Waals surface area contributed by atoms with Crippen molar-refractivity contribution >= 4 is 22.7 Å². The van der Waals surface area contributed by atoms with E-state index < -0.39 is 0 Å². The Morgan fingerprint density at radius 1 is 1.16 bits per heavy atom. The van der Waals surface area contributed by atoms with Gasteiger partial charge in [-0.3, -0.25) is 0 Å². The number of hydrogen-bond acceptors (Lipinski definition) is 4. The van der Waals surface area contributed by atoms with Crippen molar-refractivity contribution in [2.75, 3.05) is 0 Å². The van der Waals surface area contributed by atoms with Gasteiger partial charge in [-0.15, -0.1) is 0 Å². The minimum Gasteiger partial charge on any atom is -0.351 e. The highest BCUT2D eigenvalue weighted by Crippen LogP contribution is 2.30. The second-order valence-corrected chi connectivity index (χ2v) is 4.72. The van der Waals surface area contributed by atoms with Crippen LogP contribution in [0, 0.1) is 6.92 Å². The summed E-state index contributed by atoms with van der Waals surface area (Å²) in [4.78, 5) is 8.62. The normalized spacial score (nSPS) is 11.1. The minimum absolute atomic E-state index is 0.313. The molecule has 2 aromatic heterocycles. The number of halogens is 1. The quantitative estimate of drug-likeness (QED) is 0.666. The van der Waals surface area contributed by atoms with Gasteiger partial charge in [0.1, 0.15) is 17.0 Å². The molecule has 0 saturated carbocycles. The van der Waals surface area contributed by atoms with Crippen LogP contribution in [0.1, 0.15) is 18.3 Å². The lowest BCUT2D eigenvalue weighted by Gasteiger charge is -1.99. The fourth-order valence-electron chi connectivity index (χ4n) is 1.90. The first-order valence-electron chi connectivity index (χ1n) is 6.08. The van der Waals surface area contributed by atoms with Gasteiger partial charge in [0.05, 0.1) is 0 Å². The van der Waals surface area contributed by atoms with Gasteiger partial charge in [0.25, 0.3) is 0 Å². The lowest BCUT2D eigenvalue weighted by Crippen LogP contribution is -1.93. The summed E-state index contributed by atoms with van der Waals surface area (Å²) in [5.74, 6) is 0.689. The van der Waals surface area contributed by atoms with E-state index in [1.165, 1.54) is 5.56 Å². The Kier molecular flexibility index (Phi) is 2.95. The average Bonchev–Trinajstić information content (AvgIpc) is 2.84. The number of benzene rings is 1. The molecule has 19 heavy (non-hydrogen) atoms. The average molecular weight is 274 g/mol. The molecular weight excluding hydrogens is 262 g/mol. The van der Waals surface area contributed by atoms with E-state index in [4.69, 9.17) is 16.1 Å². The van der Waals surface area contributed by atoms with Crippen LogP contribution >= 0.6 is 11.6 Å². The largest absolute Gasteiger partial charge is 0.351 e. The molecular formula is C14H12ClN3O. The molecule has 0 amide bonds. The Morgan fingerprint density at radius 3 is 2.58 bits per heavy atom. The van der Waals surface area contributed by atoms with Crippen molar-refractivity contribution in [1.29, 1.82) is 0 Å². The SMILES string of the molecule is CCc1nc(Cl)c2onc(-c3ccc(C)cc3)c2n1. The maximum absolute atomic E-state index is 6.08. The third-order valence-corrected chi connectivity index (χ3v) is 3.22. The van der Waals surface area contributed by atoms with Gasteiger partial charge in [0.2, 0.25) is 5.58 Å². The fraction of sp³-hybridized carbons (Fsp3) is 0.214.